The van der Waals surface area contributed by atoms with E-state index in [2.05, 4.69) is 4.98 Å². The molecule has 0 bridgehead atoms. The van der Waals surface area contributed by atoms with Crippen molar-refractivity contribution in [2.45, 2.75) is 27.2 Å². The Morgan fingerprint density at radius 2 is 2.00 bits per heavy atom. The zero-order valence-corrected chi connectivity index (χ0v) is 12.9. The summed E-state index contributed by atoms with van der Waals surface area (Å²) in [5.74, 6) is -0.431. The number of rotatable bonds is 2. The molecule has 0 unspecified atom stereocenters. The molecule has 3 rings (SSSR count). The maximum Gasteiger partial charge on any atom is 0.265 e. The molecule has 1 aliphatic rings. The molecule has 1 aromatic heterocycles. The zero-order valence-electron chi connectivity index (χ0n) is 12.9. The number of nitrogens with zero attached hydrogens (tertiary/aromatic N) is 1. The maximum atomic E-state index is 12.7. The van der Waals surface area contributed by atoms with Crippen LogP contribution in [0.25, 0.3) is 11.6 Å². The fourth-order valence-electron chi connectivity index (χ4n) is 2.83. The van der Waals surface area contributed by atoms with Gasteiger partial charge in [0, 0.05) is 23.4 Å². The van der Waals surface area contributed by atoms with Crippen molar-refractivity contribution in [2.75, 3.05) is 4.90 Å². The van der Waals surface area contributed by atoms with Crippen LogP contribution in [0.5, 0.6) is 0 Å². The summed E-state index contributed by atoms with van der Waals surface area (Å²) in [4.78, 5) is 29.4. The SMILES string of the molecule is CCC(=O)N1C(=O)/C(=C\c2[nH]c(C)cc2C)c2ccccc21. The molecule has 0 saturated carbocycles. The monoisotopic (exact) mass is 294 g/mol. The minimum Gasteiger partial charge on any atom is -0.359 e. The lowest BCUT2D eigenvalue weighted by Crippen LogP contribution is -2.32. The van der Waals surface area contributed by atoms with E-state index >= 15 is 0 Å². The van der Waals surface area contributed by atoms with Crippen molar-refractivity contribution in [1.29, 1.82) is 0 Å². The molecular formula is C18H18N2O2. The first-order valence-corrected chi connectivity index (χ1v) is 7.37. The van der Waals surface area contributed by atoms with Gasteiger partial charge in [-0.25, -0.2) is 4.90 Å². The van der Waals surface area contributed by atoms with E-state index in [1.54, 1.807) is 6.92 Å². The highest BCUT2D eigenvalue weighted by molar-refractivity contribution is 6.42. The summed E-state index contributed by atoms with van der Waals surface area (Å²) in [6.45, 7) is 5.74. The van der Waals surface area contributed by atoms with E-state index in [4.69, 9.17) is 0 Å². The Hall–Kier alpha value is -2.62. The van der Waals surface area contributed by atoms with Crippen LogP contribution >= 0.6 is 0 Å². The molecule has 0 radical (unpaired) electrons. The lowest BCUT2D eigenvalue weighted by molar-refractivity contribution is -0.123. The number of aryl methyl sites for hydroxylation is 2. The summed E-state index contributed by atoms with van der Waals surface area (Å²) in [5.41, 5.74) is 5.07. The van der Waals surface area contributed by atoms with E-state index in [-0.39, 0.29) is 11.8 Å². The van der Waals surface area contributed by atoms with Crippen molar-refractivity contribution in [2.24, 2.45) is 0 Å². The van der Waals surface area contributed by atoms with Crippen LogP contribution in [0, 0.1) is 13.8 Å². The highest BCUT2D eigenvalue weighted by Gasteiger charge is 2.35. The molecule has 22 heavy (non-hydrogen) atoms. The second-order valence-corrected chi connectivity index (χ2v) is 5.51. The molecule has 1 aliphatic heterocycles. The van der Waals surface area contributed by atoms with E-state index < -0.39 is 0 Å². The summed E-state index contributed by atoms with van der Waals surface area (Å²) in [6.07, 6.45) is 2.14. The number of aromatic nitrogens is 1. The van der Waals surface area contributed by atoms with E-state index in [1.165, 1.54) is 4.90 Å². The van der Waals surface area contributed by atoms with E-state index in [0.29, 0.717) is 17.7 Å². The second-order valence-electron chi connectivity index (χ2n) is 5.51. The van der Waals surface area contributed by atoms with Gasteiger partial charge in [0.05, 0.1) is 11.3 Å². The number of nitrogens with one attached hydrogen (secondary N) is 1. The number of aromatic amines is 1. The molecule has 1 N–H and O–H groups in total. The Labute approximate surface area is 129 Å². The molecular weight excluding hydrogens is 276 g/mol. The van der Waals surface area contributed by atoms with Crippen LogP contribution in [0.2, 0.25) is 0 Å². The Morgan fingerprint density at radius 3 is 2.64 bits per heavy atom. The van der Waals surface area contributed by atoms with Gasteiger partial charge < -0.3 is 4.98 Å². The number of anilines is 1. The number of amides is 2. The van der Waals surface area contributed by atoms with E-state index in [0.717, 1.165) is 22.5 Å². The normalized spacial score (nSPS) is 15.5. The summed E-state index contributed by atoms with van der Waals surface area (Å²) < 4.78 is 0. The third-order valence-electron chi connectivity index (χ3n) is 3.90. The molecule has 0 fully saturated rings. The number of imide groups is 1. The van der Waals surface area contributed by atoms with Gasteiger partial charge in [0.2, 0.25) is 5.91 Å². The first-order chi connectivity index (χ1) is 10.5. The van der Waals surface area contributed by atoms with Crippen molar-refractivity contribution >= 4 is 29.2 Å². The highest BCUT2D eigenvalue weighted by Crippen LogP contribution is 2.38. The van der Waals surface area contributed by atoms with Gasteiger partial charge in [0.25, 0.3) is 5.91 Å². The Bertz CT molecular complexity index is 799. The summed E-state index contributed by atoms with van der Waals surface area (Å²) in [6, 6.07) is 9.45. The molecule has 0 saturated heterocycles. The number of hydrogen-bond donors (Lipinski definition) is 1. The van der Waals surface area contributed by atoms with Crippen molar-refractivity contribution in [3.63, 3.8) is 0 Å². The molecule has 4 nitrogen and oxygen atoms in total. The molecule has 2 heterocycles. The minimum absolute atomic E-state index is 0.180. The first kappa shape index (κ1) is 14.3. The number of carbonyl (C=O) groups excluding carboxylic acids is 2. The predicted octanol–water partition coefficient (Wildman–Crippen LogP) is 3.46. The number of para-hydroxylation sites is 1. The number of H-pyrrole nitrogens is 1. The Balaban J connectivity index is 2.15. The van der Waals surface area contributed by atoms with Gasteiger partial charge in [-0.15, -0.1) is 0 Å². The average molecular weight is 294 g/mol. The summed E-state index contributed by atoms with van der Waals surface area (Å²) in [7, 11) is 0. The zero-order chi connectivity index (χ0) is 15.9. The summed E-state index contributed by atoms with van der Waals surface area (Å²) >= 11 is 0. The number of benzene rings is 1. The van der Waals surface area contributed by atoms with Crippen LogP contribution in [-0.2, 0) is 9.59 Å². The molecule has 4 heteroatoms. The van der Waals surface area contributed by atoms with Gasteiger partial charge in [0.15, 0.2) is 0 Å². The lowest BCUT2D eigenvalue weighted by Gasteiger charge is -2.13. The minimum atomic E-state index is -0.250. The van der Waals surface area contributed by atoms with Gasteiger partial charge in [-0.2, -0.15) is 0 Å². The molecule has 2 amide bonds. The third kappa shape index (κ3) is 2.17. The second kappa shape index (κ2) is 5.30. The third-order valence-corrected chi connectivity index (χ3v) is 3.90. The van der Waals surface area contributed by atoms with Gasteiger partial charge in [0.1, 0.15) is 0 Å². The molecule has 0 atom stereocenters. The fourth-order valence-corrected chi connectivity index (χ4v) is 2.83. The smallest absolute Gasteiger partial charge is 0.265 e. The van der Waals surface area contributed by atoms with Crippen LogP contribution in [0.15, 0.2) is 30.3 Å². The Morgan fingerprint density at radius 1 is 1.27 bits per heavy atom. The molecule has 0 aliphatic carbocycles. The fraction of sp³-hybridized carbons (Fsp3) is 0.222. The van der Waals surface area contributed by atoms with Crippen molar-refractivity contribution in [3.8, 4) is 0 Å². The molecule has 1 aromatic carbocycles. The van der Waals surface area contributed by atoms with Gasteiger partial charge in [-0.05, 0) is 37.6 Å². The topological polar surface area (TPSA) is 53.2 Å². The Kier molecular flexibility index (Phi) is 3.45. The van der Waals surface area contributed by atoms with Crippen molar-refractivity contribution in [3.05, 3.63) is 52.8 Å². The van der Waals surface area contributed by atoms with Crippen LogP contribution in [0.3, 0.4) is 0 Å². The van der Waals surface area contributed by atoms with Crippen molar-refractivity contribution < 1.29 is 9.59 Å². The molecule has 2 aromatic rings. The summed E-state index contributed by atoms with van der Waals surface area (Å²) in [5, 5.41) is 0. The number of hydrogen-bond acceptors (Lipinski definition) is 2. The average Bonchev–Trinajstić information content (AvgIpc) is 2.96. The van der Waals surface area contributed by atoms with E-state index in [9.17, 15) is 9.59 Å². The van der Waals surface area contributed by atoms with Crippen molar-refractivity contribution in [1.82, 2.24) is 4.98 Å². The number of fused-ring (bicyclic) bond motifs is 1. The van der Waals surface area contributed by atoms with Gasteiger partial charge >= 0.3 is 0 Å². The molecule has 0 spiro atoms. The standard InChI is InChI=1S/C18H18N2O2/c1-4-17(21)20-16-8-6-5-7-13(16)14(18(20)22)10-15-11(2)9-12(3)19-15/h5-10,19H,4H2,1-3H3/b14-10-. The van der Waals surface area contributed by atoms with Crippen LogP contribution in [0.1, 0.15) is 35.9 Å². The number of carbonyl (C=O) groups is 2. The molecule has 112 valence electrons. The quantitative estimate of drug-likeness (QED) is 0.862. The van der Waals surface area contributed by atoms with Gasteiger partial charge in [-0.1, -0.05) is 25.1 Å². The largest absolute Gasteiger partial charge is 0.359 e. The van der Waals surface area contributed by atoms with Gasteiger partial charge in [-0.3, -0.25) is 9.59 Å². The van der Waals surface area contributed by atoms with Crippen LogP contribution in [-0.4, -0.2) is 16.8 Å². The van der Waals surface area contributed by atoms with Crippen LogP contribution in [0.4, 0.5) is 5.69 Å². The predicted molar refractivity (Wildman–Crippen MR) is 87.4 cm³/mol. The van der Waals surface area contributed by atoms with Crippen LogP contribution < -0.4 is 4.90 Å². The lowest BCUT2D eigenvalue weighted by atomic mass is 10.1. The van der Waals surface area contributed by atoms with E-state index in [1.807, 2.05) is 50.3 Å². The first-order valence-electron chi connectivity index (χ1n) is 7.37. The maximum absolute atomic E-state index is 12.7. The highest BCUT2D eigenvalue weighted by atomic mass is 16.2.